The molecule has 0 aliphatic heterocycles. The summed E-state index contributed by atoms with van der Waals surface area (Å²) in [4.78, 5) is 21.6. The molecule has 0 unspecified atom stereocenters. The van der Waals surface area contributed by atoms with E-state index in [1.54, 1.807) is 0 Å². The minimum absolute atomic E-state index is 0.132. The standard InChI is InChI=1S/3C3H8O3S.H3O4P/c3*1-7(5,6)3-2-4;1-5(2,3)4/h3*4H,2-3H2,1H3;(H3,1,2,3,4). The molecule has 0 heterocycles. The third-order valence-corrected chi connectivity index (χ3v) is 4.16. The third-order valence-electron chi connectivity index (χ3n) is 1.39. The van der Waals surface area contributed by atoms with Gasteiger partial charge >= 0.3 is 7.82 Å². The molecule has 0 fully saturated rings. The number of sulfone groups is 3. The molecule has 0 saturated carbocycles. The normalized spacial score (nSPS) is 11.7. The van der Waals surface area contributed by atoms with Crippen molar-refractivity contribution in [2.24, 2.45) is 0 Å². The number of hydrogen-bond donors (Lipinski definition) is 6. The zero-order chi connectivity index (χ0) is 22.2. The van der Waals surface area contributed by atoms with Crippen LogP contribution in [0.5, 0.6) is 0 Å². The molecule has 0 aromatic carbocycles. The van der Waals surface area contributed by atoms with Gasteiger partial charge in [-0.3, -0.25) is 0 Å². The molecule has 26 heavy (non-hydrogen) atoms. The molecule has 0 spiro atoms. The molecule has 13 nitrogen and oxygen atoms in total. The van der Waals surface area contributed by atoms with Gasteiger partial charge in [0.15, 0.2) is 0 Å². The Morgan fingerprint density at radius 1 is 0.577 bits per heavy atom. The zero-order valence-electron chi connectivity index (χ0n) is 14.5. The molecule has 0 aromatic heterocycles. The first-order chi connectivity index (χ1) is 11.2. The van der Waals surface area contributed by atoms with Crippen molar-refractivity contribution in [3.63, 3.8) is 0 Å². The Balaban J connectivity index is -0.000000125. The van der Waals surface area contributed by atoms with Gasteiger partial charge in [-0.2, -0.15) is 0 Å². The van der Waals surface area contributed by atoms with E-state index in [1.165, 1.54) is 0 Å². The summed E-state index contributed by atoms with van der Waals surface area (Å²) in [5, 5.41) is 24.1. The molecular formula is C9H27O13PS3. The van der Waals surface area contributed by atoms with E-state index in [9.17, 15) is 25.3 Å². The fourth-order valence-corrected chi connectivity index (χ4v) is 1.49. The lowest BCUT2D eigenvalue weighted by molar-refractivity contribution is 0.275. The Bertz CT molecular complexity index is 585. The van der Waals surface area contributed by atoms with Crippen LogP contribution in [0.15, 0.2) is 0 Å². The quantitative estimate of drug-likeness (QED) is 0.204. The van der Waals surface area contributed by atoms with Gasteiger partial charge in [0.1, 0.15) is 29.5 Å². The highest BCUT2D eigenvalue weighted by Crippen LogP contribution is 2.25. The monoisotopic (exact) mass is 470 g/mol. The zero-order valence-corrected chi connectivity index (χ0v) is 17.8. The lowest BCUT2D eigenvalue weighted by atomic mass is 10.9. The van der Waals surface area contributed by atoms with Crippen LogP contribution in [0.4, 0.5) is 0 Å². The van der Waals surface area contributed by atoms with Crippen LogP contribution < -0.4 is 0 Å². The molecule has 0 saturated heterocycles. The van der Waals surface area contributed by atoms with Gasteiger partial charge in [0.05, 0.1) is 37.1 Å². The van der Waals surface area contributed by atoms with Crippen molar-refractivity contribution in [3.8, 4) is 0 Å². The second-order valence-electron chi connectivity index (χ2n) is 4.57. The van der Waals surface area contributed by atoms with Crippen LogP contribution in [0.1, 0.15) is 0 Å². The first-order valence-corrected chi connectivity index (χ1v) is 14.1. The maximum Gasteiger partial charge on any atom is 0.466 e. The average molecular weight is 470 g/mol. The molecule has 0 aromatic rings. The van der Waals surface area contributed by atoms with E-state index in [1.807, 2.05) is 0 Å². The first kappa shape index (κ1) is 33.4. The third kappa shape index (κ3) is 88.7. The van der Waals surface area contributed by atoms with E-state index in [0.29, 0.717) is 0 Å². The van der Waals surface area contributed by atoms with Gasteiger partial charge < -0.3 is 30.0 Å². The van der Waals surface area contributed by atoms with Crippen LogP contribution in [0, 0.1) is 0 Å². The Kier molecular flexibility index (Phi) is 20.4. The Morgan fingerprint density at radius 3 is 0.692 bits per heavy atom. The second kappa shape index (κ2) is 15.9. The average Bonchev–Trinajstić information content (AvgIpc) is 2.22. The number of hydrogen-bond acceptors (Lipinski definition) is 10. The van der Waals surface area contributed by atoms with Crippen LogP contribution in [0.2, 0.25) is 0 Å². The predicted octanol–water partition coefficient (Wildman–Crippen LogP) is -3.86. The van der Waals surface area contributed by atoms with Crippen LogP contribution in [-0.2, 0) is 34.1 Å². The highest BCUT2D eigenvalue weighted by molar-refractivity contribution is 7.91. The van der Waals surface area contributed by atoms with E-state index in [0.717, 1.165) is 18.8 Å². The highest BCUT2D eigenvalue weighted by atomic mass is 32.2. The fraction of sp³-hybridized carbons (Fsp3) is 1.00. The van der Waals surface area contributed by atoms with Crippen molar-refractivity contribution < 1.29 is 59.8 Å². The van der Waals surface area contributed by atoms with Crippen LogP contribution >= 0.6 is 7.82 Å². The van der Waals surface area contributed by atoms with Crippen molar-refractivity contribution in [3.05, 3.63) is 0 Å². The van der Waals surface area contributed by atoms with Gasteiger partial charge in [0.2, 0.25) is 0 Å². The van der Waals surface area contributed by atoms with Crippen molar-refractivity contribution >= 4 is 37.3 Å². The van der Waals surface area contributed by atoms with E-state index in [-0.39, 0.29) is 37.1 Å². The summed E-state index contributed by atoms with van der Waals surface area (Å²) in [6.07, 6.45) is 3.26. The topological polar surface area (TPSA) is 241 Å². The van der Waals surface area contributed by atoms with E-state index < -0.39 is 37.3 Å². The smallest absolute Gasteiger partial charge is 0.395 e. The minimum Gasteiger partial charge on any atom is -0.395 e. The molecule has 0 amide bonds. The first-order valence-electron chi connectivity index (χ1n) is 6.32. The molecule has 0 bridgehead atoms. The van der Waals surface area contributed by atoms with Crippen molar-refractivity contribution in [2.75, 3.05) is 55.8 Å². The molecule has 17 heteroatoms. The van der Waals surface area contributed by atoms with Gasteiger partial charge in [0.25, 0.3) is 0 Å². The fourth-order valence-electron chi connectivity index (χ4n) is 0.497. The minimum atomic E-state index is -4.64. The second-order valence-corrected chi connectivity index (χ2v) is 12.4. The highest BCUT2D eigenvalue weighted by Gasteiger charge is 2.00. The van der Waals surface area contributed by atoms with Crippen molar-refractivity contribution in [1.82, 2.24) is 0 Å². The number of aliphatic hydroxyl groups is 3. The van der Waals surface area contributed by atoms with Crippen LogP contribution in [0.3, 0.4) is 0 Å². The van der Waals surface area contributed by atoms with Gasteiger partial charge in [-0.05, 0) is 0 Å². The maximum atomic E-state index is 10.1. The Hall–Kier alpha value is -0.160. The van der Waals surface area contributed by atoms with E-state index >= 15 is 0 Å². The lowest BCUT2D eigenvalue weighted by Gasteiger charge is -1.87. The molecule has 164 valence electrons. The SMILES string of the molecule is CS(=O)(=O)CCO.CS(=O)(=O)CCO.CS(=O)(=O)CCO.O=P(O)(O)O. The largest absolute Gasteiger partial charge is 0.466 e. The van der Waals surface area contributed by atoms with Gasteiger partial charge in [-0.25, -0.2) is 29.8 Å². The summed E-state index contributed by atoms with van der Waals surface area (Å²) in [5.41, 5.74) is 0. The van der Waals surface area contributed by atoms with Crippen molar-refractivity contribution in [1.29, 1.82) is 0 Å². The summed E-state index contributed by atoms with van der Waals surface area (Å²) in [7, 11) is -13.4. The summed E-state index contributed by atoms with van der Waals surface area (Å²) in [6, 6.07) is 0. The van der Waals surface area contributed by atoms with Gasteiger partial charge in [-0.1, -0.05) is 0 Å². The van der Waals surface area contributed by atoms with Crippen LogP contribution in [0.25, 0.3) is 0 Å². The number of rotatable bonds is 6. The Labute approximate surface area is 153 Å². The molecule has 0 aliphatic carbocycles. The van der Waals surface area contributed by atoms with Gasteiger partial charge in [-0.15, -0.1) is 0 Å². The lowest BCUT2D eigenvalue weighted by Crippen LogP contribution is -2.05. The van der Waals surface area contributed by atoms with Crippen molar-refractivity contribution in [2.45, 2.75) is 0 Å². The van der Waals surface area contributed by atoms with E-state index in [4.69, 9.17) is 34.6 Å². The molecule has 0 aliphatic rings. The predicted molar refractivity (Wildman–Crippen MR) is 94.7 cm³/mol. The molecule has 0 rings (SSSR count). The number of phosphoric acid groups is 1. The molecule has 0 atom stereocenters. The summed E-state index contributed by atoms with van der Waals surface area (Å²) in [5.74, 6) is -0.396. The summed E-state index contributed by atoms with van der Waals surface area (Å²) in [6.45, 7) is -0.837. The summed E-state index contributed by atoms with van der Waals surface area (Å²) < 4.78 is 69.3. The number of aliphatic hydroxyl groups excluding tert-OH is 3. The summed E-state index contributed by atoms with van der Waals surface area (Å²) >= 11 is 0. The molecular weight excluding hydrogens is 443 g/mol. The molecule has 6 N–H and O–H groups in total. The molecule has 0 radical (unpaired) electrons. The van der Waals surface area contributed by atoms with Gasteiger partial charge in [0, 0.05) is 18.8 Å². The Morgan fingerprint density at radius 2 is 0.692 bits per heavy atom. The van der Waals surface area contributed by atoms with E-state index in [2.05, 4.69) is 0 Å². The van der Waals surface area contributed by atoms with Crippen LogP contribution in [-0.4, -0.2) is 111 Å². The maximum absolute atomic E-state index is 10.1.